The molecule has 2 aromatic carbocycles. The first-order valence-corrected chi connectivity index (χ1v) is 7.10. The highest BCUT2D eigenvalue weighted by Crippen LogP contribution is 2.34. The highest BCUT2D eigenvalue weighted by atomic mass is 16.6. The van der Waals surface area contributed by atoms with E-state index in [1.165, 1.54) is 5.56 Å². The molecule has 22 heavy (non-hydrogen) atoms. The Kier molecular flexibility index (Phi) is 3.04. The molecule has 1 aliphatic rings. The first-order chi connectivity index (χ1) is 10.8. The van der Waals surface area contributed by atoms with Crippen LogP contribution in [0.2, 0.25) is 0 Å². The number of nitrogens with zero attached hydrogens (tertiary/aromatic N) is 2. The van der Waals surface area contributed by atoms with Crippen LogP contribution < -0.4 is 9.47 Å². The Balaban J connectivity index is 1.68. The lowest BCUT2D eigenvalue weighted by molar-refractivity contribution is 0.171. The summed E-state index contributed by atoms with van der Waals surface area (Å²) in [5, 5.41) is 8.24. The molecule has 0 spiro atoms. The van der Waals surface area contributed by atoms with Crippen LogP contribution in [0.15, 0.2) is 46.9 Å². The van der Waals surface area contributed by atoms with Gasteiger partial charge in [0.2, 0.25) is 11.8 Å². The van der Waals surface area contributed by atoms with Crippen molar-refractivity contribution in [2.24, 2.45) is 0 Å². The Morgan fingerprint density at radius 3 is 2.18 bits per heavy atom. The van der Waals surface area contributed by atoms with Gasteiger partial charge in [0, 0.05) is 11.1 Å². The zero-order chi connectivity index (χ0) is 14.9. The topological polar surface area (TPSA) is 57.4 Å². The Hall–Kier alpha value is -2.82. The molecule has 1 aliphatic heterocycles. The van der Waals surface area contributed by atoms with Crippen molar-refractivity contribution in [1.29, 1.82) is 0 Å². The van der Waals surface area contributed by atoms with Gasteiger partial charge in [-0.25, -0.2) is 0 Å². The van der Waals surface area contributed by atoms with E-state index in [1.54, 1.807) is 0 Å². The largest absolute Gasteiger partial charge is 0.486 e. The van der Waals surface area contributed by atoms with Crippen LogP contribution in [0, 0.1) is 6.92 Å². The van der Waals surface area contributed by atoms with E-state index in [4.69, 9.17) is 13.9 Å². The molecule has 5 heteroatoms. The molecule has 0 radical (unpaired) electrons. The van der Waals surface area contributed by atoms with Crippen molar-refractivity contribution < 1.29 is 13.9 Å². The van der Waals surface area contributed by atoms with Crippen LogP contribution in [0.25, 0.3) is 22.9 Å². The second-order valence-corrected chi connectivity index (χ2v) is 5.14. The third-order valence-corrected chi connectivity index (χ3v) is 3.51. The number of ether oxygens (including phenoxy) is 2. The van der Waals surface area contributed by atoms with Gasteiger partial charge in [0.1, 0.15) is 13.2 Å². The summed E-state index contributed by atoms with van der Waals surface area (Å²) in [7, 11) is 0. The van der Waals surface area contributed by atoms with Crippen LogP contribution in [0.4, 0.5) is 0 Å². The third kappa shape index (κ3) is 2.30. The summed E-state index contributed by atoms with van der Waals surface area (Å²) in [6, 6.07) is 13.6. The van der Waals surface area contributed by atoms with Gasteiger partial charge >= 0.3 is 0 Å². The van der Waals surface area contributed by atoms with E-state index in [0.29, 0.717) is 30.7 Å². The molecule has 0 unspecified atom stereocenters. The minimum Gasteiger partial charge on any atom is -0.486 e. The number of aromatic nitrogens is 2. The van der Waals surface area contributed by atoms with Gasteiger partial charge in [0.15, 0.2) is 11.5 Å². The molecular formula is C17H14N2O3. The molecule has 1 aromatic heterocycles. The van der Waals surface area contributed by atoms with Gasteiger partial charge in [-0.15, -0.1) is 10.2 Å². The number of hydrogen-bond donors (Lipinski definition) is 0. The monoisotopic (exact) mass is 294 g/mol. The van der Waals surface area contributed by atoms with Crippen molar-refractivity contribution in [3.8, 4) is 34.4 Å². The summed E-state index contributed by atoms with van der Waals surface area (Å²) >= 11 is 0. The standard InChI is InChI=1S/C17H14N2O3/c1-11-2-4-12(5-3-11)16-18-19-17(22-16)13-6-7-14-15(10-13)21-9-8-20-14/h2-7,10H,8-9H2,1H3. The number of fused-ring (bicyclic) bond motifs is 1. The Bertz CT molecular complexity index is 809. The number of rotatable bonds is 2. The van der Waals surface area contributed by atoms with Gasteiger partial charge in [-0.05, 0) is 37.3 Å². The third-order valence-electron chi connectivity index (χ3n) is 3.51. The fourth-order valence-electron chi connectivity index (χ4n) is 2.33. The maximum atomic E-state index is 5.77. The quantitative estimate of drug-likeness (QED) is 0.724. The zero-order valence-electron chi connectivity index (χ0n) is 12.1. The molecule has 0 bridgehead atoms. The Morgan fingerprint density at radius 2 is 1.41 bits per heavy atom. The van der Waals surface area contributed by atoms with E-state index in [9.17, 15) is 0 Å². The fraction of sp³-hybridized carbons (Fsp3) is 0.176. The number of aryl methyl sites for hydroxylation is 1. The molecule has 0 aliphatic carbocycles. The lowest BCUT2D eigenvalue weighted by Gasteiger charge is -2.18. The predicted molar refractivity (Wildman–Crippen MR) is 80.9 cm³/mol. The lowest BCUT2D eigenvalue weighted by Crippen LogP contribution is -2.15. The number of hydrogen-bond acceptors (Lipinski definition) is 5. The lowest BCUT2D eigenvalue weighted by atomic mass is 10.1. The molecule has 0 fully saturated rings. The summed E-state index contributed by atoms with van der Waals surface area (Å²) in [6.07, 6.45) is 0. The van der Waals surface area contributed by atoms with E-state index in [0.717, 1.165) is 16.9 Å². The van der Waals surface area contributed by atoms with E-state index >= 15 is 0 Å². The first kappa shape index (κ1) is 12.9. The van der Waals surface area contributed by atoms with Crippen molar-refractivity contribution >= 4 is 0 Å². The molecule has 0 N–H and O–H groups in total. The summed E-state index contributed by atoms with van der Waals surface area (Å²) in [4.78, 5) is 0. The summed E-state index contributed by atoms with van der Waals surface area (Å²) in [5.41, 5.74) is 2.91. The Morgan fingerprint density at radius 1 is 0.773 bits per heavy atom. The molecule has 0 saturated carbocycles. The van der Waals surface area contributed by atoms with Crippen LogP contribution in [-0.4, -0.2) is 23.4 Å². The maximum absolute atomic E-state index is 5.77. The molecule has 0 atom stereocenters. The normalized spacial score (nSPS) is 13.1. The van der Waals surface area contributed by atoms with Gasteiger partial charge in [-0.3, -0.25) is 0 Å². The maximum Gasteiger partial charge on any atom is 0.248 e. The molecule has 0 saturated heterocycles. The van der Waals surface area contributed by atoms with E-state index in [-0.39, 0.29) is 0 Å². The van der Waals surface area contributed by atoms with Crippen molar-refractivity contribution in [2.75, 3.05) is 13.2 Å². The van der Waals surface area contributed by atoms with Crippen LogP contribution in [-0.2, 0) is 0 Å². The second kappa shape index (κ2) is 5.18. The van der Waals surface area contributed by atoms with Gasteiger partial charge < -0.3 is 13.9 Å². The van der Waals surface area contributed by atoms with E-state index in [1.807, 2.05) is 49.4 Å². The Labute approximate surface area is 127 Å². The average molecular weight is 294 g/mol. The summed E-state index contributed by atoms with van der Waals surface area (Å²) in [6.45, 7) is 3.16. The van der Waals surface area contributed by atoms with Crippen LogP contribution in [0.1, 0.15) is 5.56 Å². The van der Waals surface area contributed by atoms with Crippen molar-refractivity contribution in [3.05, 3.63) is 48.0 Å². The van der Waals surface area contributed by atoms with Crippen molar-refractivity contribution in [2.45, 2.75) is 6.92 Å². The fourth-order valence-corrected chi connectivity index (χ4v) is 2.33. The molecule has 0 amide bonds. The second-order valence-electron chi connectivity index (χ2n) is 5.14. The van der Waals surface area contributed by atoms with Gasteiger partial charge in [-0.2, -0.15) is 0 Å². The average Bonchev–Trinajstić information content (AvgIpc) is 3.05. The smallest absolute Gasteiger partial charge is 0.248 e. The minimum atomic E-state index is 0.465. The minimum absolute atomic E-state index is 0.465. The highest BCUT2D eigenvalue weighted by Gasteiger charge is 2.16. The molecule has 4 rings (SSSR count). The molecular weight excluding hydrogens is 280 g/mol. The van der Waals surface area contributed by atoms with E-state index in [2.05, 4.69) is 10.2 Å². The number of benzene rings is 2. The van der Waals surface area contributed by atoms with Crippen molar-refractivity contribution in [3.63, 3.8) is 0 Å². The molecule has 5 nitrogen and oxygen atoms in total. The van der Waals surface area contributed by atoms with Gasteiger partial charge in [0.25, 0.3) is 0 Å². The summed E-state index contributed by atoms with van der Waals surface area (Å²) in [5.74, 6) is 2.42. The molecule has 110 valence electrons. The highest BCUT2D eigenvalue weighted by molar-refractivity contribution is 5.62. The van der Waals surface area contributed by atoms with Crippen LogP contribution >= 0.6 is 0 Å². The van der Waals surface area contributed by atoms with Crippen LogP contribution in [0.5, 0.6) is 11.5 Å². The first-order valence-electron chi connectivity index (χ1n) is 7.10. The summed E-state index contributed by atoms with van der Waals surface area (Å²) < 4.78 is 16.9. The SMILES string of the molecule is Cc1ccc(-c2nnc(-c3ccc4c(c3)OCCO4)o2)cc1. The molecule has 2 heterocycles. The zero-order valence-corrected chi connectivity index (χ0v) is 12.1. The van der Waals surface area contributed by atoms with E-state index < -0.39 is 0 Å². The van der Waals surface area contributed by atoms with Crippen molar-refractivity contribution in [1.82, 2.24) is 10.2 Å². The molecule has 3 aromatic rings. The van der Waals surface area contributed by atoms with Gasteiger partial charge in [0.05, 0.1) is 0 Å². The van der Waals surface area contributed by atoms with Crippen LogP contribution in [0.3, 0.4) is 0 Å². The van der Waals surface area contributed by atoms with Gasteiger partial charge in [-0.1, -0.05) is 17.7 Å². The predicted octanol–water partition coefficient (Wildman–Crippen LogP) is 3.48.